The quantitative estimate of drug-likeness (QED) is 0.289. The first-order valence-electron chi connectivity index (χ1n) is 0.730. The Kier molecular flexibility index (Phi) is 76.3. The monoisotopic (exact) mass is 223 g/mol. The van der Waals surface area contributed by atoms with Crippen molar-refractivity contribution < 1.29 is 58.2 Å². The second-order valence-electron chi connectivity index (χ2n) is 0.447. The molecule has 0 saturated carbocycles. The van der Waals surface area contributed by atoms with E-state index in [4.69, 9.17) is 19.2 Å². The number of phosphoric acid groups is 1. The van der Waals surface area contributed by atoms with E-state index in [2.05, 4.69) is 0 Å². The van der Waals surface area contributed by atoms with Crippen LogP contribution in [-0.4, -0.2) is 21.9 Å². The van der Waals surface area contributed by atoms with Crippen LogP contribution in [0, 0.1) is 0 Å². The van der Waals surface area contributed by atoms with E-state index in [1.165, 1.54) is 0 Å². The Labute approximate surface area is 66.8 Å². The molecular formula is H8FeO8P. The van der Waals surface area contributed by atoms with Crippen LogP contribution in [0.2, 0.25) is 0 Å². The van der Waals surface area contributed by atoms with Crippen LogP contribution in [0.1, 0.15) is 0 Å². The van der Waals surface area contributed by atoms with Gasteiger partial charge in [-0.2, -0.15) is 7.82 Å². The van der Waals surface area contributed by atoms with E-state index in [0.29, 0.717) is 0 Å². The molecule has 10 heavy (non-hydrogen) atoms. The Morgan fingerprint density at radius 3 is 0.800 bits per heavy atom. The number of hydrogen-bond donors (Lipinski definition) is 0. The van der Waals surface area contributed by atoms with Crippen molar-refractivity contribution in [2.45, 2.75) is 0 Å². The SMILES string of the molecule is O.O.O.O.O=P([O-])([O-])[O-].[Fe+3]. The zero-order valence-electron chi connectivity index (χ0n) is 4.43. The van der Waals surface area contributed by atoms with Crippen LogP contribution in [0.5, 0.6) is 0 Å². The summed E-state index contributed by atoms with van der Waals surface area (Å²) < 4.78 is 8.55. The molecular weight excluding hydrogens is 215 g/mol. The predicted molar refractivity (Wildman–Crippen MR) is 22.1 cm³/mol. The van der Waals surface area contributed by atoms with E-state index in [1.54, 1.807) is 0 Å². The molecule has 0 aromatic carbocycles. The number of hydrogen-bond acceptors (Lipinski definition) is 4. The third-order valence-electron chi connectivity index (χ3n) is 0. The molecule has 0 atom stereocenters. The minimum absolute atomic E-state index is 0. The molecule has 1 radical (unpaired) electrons. The van der Waals surface area contributed by atoms with Gasteiger partial charge in [-0.1, -0.05) is 0 Å². The van der Waals surface area contributed by atoms with E-state index in [0.717, 1.165) is 0 Å². The Hall–Kier alpha value is 0.469. The minimum atomic E-state index is -5.39. The van der Waals surface area contributed by atoms with Crippen LogP contribution in [0.3, 0.4) is 0 Å². The summed E-state index contributed by atoms with van der Waals surface area (Å²) in [6, 6.07) is 0. The van der Waals surface area contributed by atoms with Gasteiger partial charge in [0.1, 0.15) is 0 Å². The van der Waals surface area contributed by atoms with E-state index >= 15 is 0 Å². The smallest absolute Gasteiger partial charge is 0.822 e. The van der Waals surface area contributed by atoms with Crippen molar-refractivity contribution in [3.05, 3.63) is 0 Å². The van der Waals surface area contributed by atoms with Crippen molar-refractivity contribution in [1.29, 1.82) is 0 Å². The van der Waals surface area contributed by atoms with Crippen LogP contribution in [0.25, 0.3) is 0 Å². The molecule has 0 bridgehead atoms. The predicted octanol–water partition coefficient (Wildman–Crippen LogP) is -6.13. The van der Waals surface area contributed by atoms with Gasteiger partial charge < -0.3 is 41.2 Å². The van der Waals surface area contributed by atoms with Gasteiger partial charge in [-0.15, -0.1) is 0 Å². The molecule has 0 saturated heterocycles. The molecule has 0 amide bonds. The van der Waals surface area contributed by atoms with Crippen LogP contribution < -0.4 is 14.7 Å². The molecule has 0 fully saturated rings. The van der Waals surface area contributed by atoms with Gasteiger partial charge in [0, 0.05) is 0 Å². The fourth-order valence-electron chi connectivity index (χ4n) is 0. The van der Waals surface area contributed by atoms with Crippen molar-refractivity contribution >= 4 is 7.82 Å². The number of rotatable bonds is 0. The van der Waals surface area contributed by atoms with Crippen LogP contribution in [0.4, 0.5) is 0 Å². The molecule has 10 heteroatoms. The largest absolute Gasteiger partial charge is 3.00 e. The van der Waals surface area contributed by atoms with E-state index < -0.39 is 7.82 Å². The normalized spacial score (nSPS) is 5.90. The first-order valence-corrected chi connectivity index (χ1v) is 2.19. The summed E-state index contributed by atoms with van der Waals surface area (Å²) >= 11 is 0. The summed E-state index contributed by atoms with van der Waals surface area (Å²) in [6.45, 7) is 0. The summed E-state index contributed by atoms with van der Waals surface area (Å²) in [5.41, 5.74) is 0. The fourth-order valence-corrected chi connectivity index (χ4v) is 0. The van der Waals surface area contributed by atoms with Gasteiger partial charge in [-0.05, 0) is 0 Å². The van der Waals surface area contributed by atoms with Crippen molar-refractivity contribution in [2.75, 3.05) is 0 Å². The standard InChI is InChI=1S/Fe.H3O4P.4H2O/c;1-5(2,3)4;;;;/h;(H3,1,2,3,4);4*1H2/q+3;;;;;/p-3. The van der Waals surface area contributed by atoms with Crippen LogP contribution in [0.15, 0.2) is 0 Å². The zero-order chi connectivity index (χ0) is 4.50. The molecule has 0 aromatic rings. The Morgan fingerprint density at radius 2 is 0.800 bits per heavy atom. The van der Waals surface area contributed by atoms with Crippen LogP contribution >= 0.6 is 7.82 Å². The summed E-state index contributed by atoms with van der Waals surface area (Å²) in [7, 11) is -5.39. The zero-order valence-corrected chi connectivity index (χ0v) is 6.43. The van der Waals surface area contributed by atoms with Gasteiger partial charge in [-0.3, -0.25) is 0 Å². The van der Waals surface area contributed by atoms with Gasteiger partial charge in [0.2, 0.25) is 0 Å². The van der Waals surface area contributed by atoms with Gasteiger partial charge in [0.25, 0.3) is 0 Å². The molecule has 0 aromatic heterocycles. The van der Waals surface area contributed by atoms with Crippen molar-refractivity contribution in [3.8, 4) is 0 Å². The van der Waals surface area contributed by atoms with Crippen molar-refractivity contribution in [3.63, 3.8) is 0 Å². The van der Waals surface area contributed by atoms with Crippen LogP contribution in [-0.2, 0) is 21.6 Å². The molecule has 0 spiro atoms. The Bertz CT molecular complexity index is 55.4. The van der Waals surface area contributed by atoms with Gasteiger partial charge in [0.05, 0.1) is 0 Å². The fraction of sp³-hybridized carbons (Fsp3) is 0. The summed E-state index contributed by atoms with van der Waals surface area (Å²) in [5, 5.41) is 0. The Balaban J connectivity index is -0.00000000800. The molecule has 0 heterocycles. The first-order chi connectivity index (χ1) is 2.00. The molecule has 69 valence electrons. The maximum absolute atomic E-state index is 8.55. The molecule has 0 unspecified atom stereocenters. The molecule has 8 N–H and O–H groups in total. The second kappa shape index (κ2) is 16.2. The Morgan fingerprint density at radius 1 is 0.800 bits per heavy atom. The topological polar surface area (TPSA) is 212 Å². The van der Waals surface area contributed by atoms with Crippen molar-refractivity contribution in [1.82, 2.24) is 0 Å². The first kappa shape index (κ1) is 47.0. The molecule has 0 aliphatic rings. The molecule has 0 aliphatic heterocycles. The van der Waals surface area contributed by atoms with Gasteiger partial charge in [0.15, 0.2) is 0 Å². The average Bonchev–Trinajstić information content (AvgIpc) is 0.722. The van der Waals surface area contributed by atoms with Gasteiger partial charge >= 0.3 is 17.1 Å². The van der Waals surface area contributed by atoms with E-state index in [-0.39, 0.29) is 39.0 Å². The maximum atomic E-state index is 8.55. The second-order valence-corrected chi connectivity index (χ2v) is 1.34. The molecule has 0 rings (SSSR count). The van der Waals surface area contributed by atoms with E-state index in [9.17, 15) is 0 Å². The maximum Gasteiger partial charge on any atom is 3.00 e. The average molecular weight is 223 g/mol. The summed E-state index contributed by atoms with van der Waals surface area (Å²) in [6.07, 6.45) is 0. The molecule has 8 nitrogen and oxygen atoms in total. The third kappa shape index (κ3) is 2140. The third-order valence-corrected chi connectivity index (χ3v) is 0. The van der Waals surface area contributed by atoms with E-state index in [1.807, 2.05) is 0 Å². The molecule has 0 aliphatic carbocycles. The summed E-state index contributed by atoms with van der Waals surface area (Å²) in [4.78, 5) is 25.6. The van der Waals surface area contributed by atoms with Crippen molar-refractivity contribution in [2.24, 2.45) is 0 Å². The summed E-state index contributed by atoms with van der Waals surface area (Å²) in [5.74, 6) is 0. The minimum Gasteiger partial charge on any atom is -0.822 e. The van der Waals surface area contributed by atoms with Gasteiger partial charge in [-0.25, -0.2) is 0 Å².